The first-order valence-corrected chi connectivity index (χ1v) is 7.06. The lowest BCUT2D eigenvalue weighted by Crippen LogP contribution is -2.52. The minimum absolute atomic E-state index is 0.0561. The van der Waals surface area contributed by atoms with Crippen LogP contribution in [0.5, 0.6) is 0 Å². The van der Waals surface area contributed by atoms with Gasteiger partial charge in [-0.25, -0.2) is 4.39 Å². The van der Waals surface area contributed by atoms with E-state index in [0.717, 1.165) is 25.2 Å². The highest BCUT2D eigenvalue weighted by Crippen LogP contribution is 2.30. The number of hydrogen-bond acceptors (Lipinski definition) is 3. The third-order valence-corrected chi connectivity index (χ3v) is 3.75. The summed E-state index contributed by atoms with van der Waals surface area (Å²) in [5, 5.41) is 3.47. The summed E-state index contributed by atoms with van der Waals surface area (Å²) >= 11 is 0. The van der Waals surface area contributed by atoms with Crippen molar-refractivity contribution in [2.45, 2.75) is 46.2 Å². The Morgan fingerprint density at radius 1 is 1.26 bits per heavy atom. The van der Waals surface area contributed by atoms with Crippen LogP contribution in [-0.4, -0.2) is 35.1 Å². The van der Waals surface area contributed by atoms with Gasteiger partial charge in [0.2, 0.25) is 0 Å². The molecule has 1 aromatic rings. The normalized spacial score (nSPS) is 13.8. The number of nitrogens with one attached hydrogen (secondary N) is 1. The predicted octanol–water partition coefficient (Wildman–Crippen LogP) is 2.99. The van der Waals surface area contributed by atoms with E-state index in [1.165, 1.54) is 6.20 Å². The zero-order valence-electron chi connectivity index (χ0n) is 12.7. The van der Waals surface area contributed by atoms with Crippen LogP contribution < -0.4 is 5.32 Å². The first-order chi connectivity index (χ1) is 8.97. The SMILES string of the molecule is CCNC(c1cncc(F)c1)C(C)(C)N(CC)CC. The average Bonchev–Trinajstić information content (AvgIpc) is 2.36. The van der Waals surface area contributed by atoms with E-state index >= 15 is 0 Å². The molecule has 1 unspecified atom stereocenters. The van der Waals surface area contributed by atoms with Crippen LogP contribution in [0.25, 0.3) is 0 Å². The molecule has 0 spiro atoms. The first kappa shape index (κ1) is 16.1. The number of pyridine rings is 1. The lowest BCUT2D eigenvalue weighted by atomic mass is 9.87. The van der Waals surface area contributed by atoms with Crippen LogP contribution in [0.3, 0.4) is 0 Å². The third-order valence-electron chi connectivity index (χ3n) is 3.75. The molecule has 108 valence electrons. The highest BCUT2D eigenvalue weighted by Gasteiger charge is 2.34. The Hall–Kier alpha value is -1.00. The molecule has 1 heterocycles. The quantitative estimate of drug-likeness (QED) is 0.823. The van der Waals surface area contributed by atoms with Gasteiger partial charge in [0.15, 0.2) is 0 Å². The Labute approximate surface area is 116 Å². The van der Waals surface area contributed by atoms with Crippen molar-refractivity contribution < 1.29 is 4.39 Å². The molecule has 0 amide bonds. The van der Waals surface area contributed by atoms with Crippen molar-refractivity contribution in [2.24, 2.45) is 0 Å². The maximum Gasteiger partial charge on any atom is 0.141 e. The molecule has 0 radical (unpaired) electrons. The second kappa shape index (κ2) is 6.96. The zero-order valence-corrected chi connectivity index (χ0v) is 12.7. The Kier molecular flexibility index (Phi) is 5.88. The summed E-state index contributed by atoms with van der Waals surface area (Å²) in [6.07, 6.45) is 3.00. The lowest BCUT2D eigenvalue weighted by Gasteiger charge is -2.44. The van der Waals surface area contributed by atoms with Gasteiger partial charge in [-0.05, 0) is 45.1 Å². The maximum absolute atomic E-state index is 13.4. The van der Waals surface area contributed by atoms with Crippen LogP contribution in [0.1, 0.15) is 46.2 Å². The van der Waals surface area contributed by atoms with E-state index in [1.807, 2.05) is 0 Å². The second-order valence-corrected chi connectivity index (χ2v) is 5.25. The smallest absolute Gasteiger partial charge is 0.141 e. The number of hydrogen-bond donors (Lipinski definition) is 1. The highest BCUT2D eigenvalue weighted by molar-refractivity contribution is 5.20. The molecule has 1 rings (SSSR count). The van der Waals surface area contributed by atoms with Crippen molar-refractivity contribution in [3.63, 3.8) is 0 Å². The first-order valence-electron chi connectivity index (χ1n) is 7.06. The Bertz CT molecular complexity index is 389. The van der Waals surface area contributed by atoms with E-state index < -0.39 is 0 Å². The lowest BCUT2D eigenvalue weighted by molar-refractivity contribution is 0.0916. The molecule has 4 heteroatoms. The van der Waals surface area contributed by atoms with Crippen LogP contribution >= 0.6 is 0 Å². The molecular weight excluding hydrogens is 241 g/mol. The van der Waals surface area contributed by atoms with Crippen LogP contribution in [0.15, 0.2) is 18.5 Å². The van der Waals surface area contributed by atoms with Gasteiger partial charge in [0.25, 0.3) is 0 Å². The molecule has 0 saturated carbocycles. The van der Waals surface area contributed by atoms with Gasteiger partial charge in [-0.15, -0.1) is 0 Å². The van der Waals surface area contributed by atoms with E-state index in [9.17, 15) is 4.39 Å². The molecular formula is C15H26FN3. The van der Waals surface area contributed by atoms with Crippen LogP contribution in [0.4, 0.5) is 4.39 Å². The summed E-state index contributed by atoms with van der Waals surface area (Å²) in [5.74, 6) is -0.282. The van der Waals surface area contributed by atoms with Gasteiger partial charge in [0, 0.05) is 11.7 Å². The topological polar surface area (TPSA) is 28.2 Å². The fraction of sp³-hybridized carbons (Fsp3) is 0.667. The van der Waals surface area contributed by atoms with E-state index in [2.05, 4.69) is 49.8 Å². The van der Waals surface area contributed by atoms with Crippen LogP contribution in [0, 0.1) is 5.82 Å². The van der Waals surface area contributed by atoms with E-state index in [1.54, 1.807) is 12.3 Å². The van der Waals surface area contributed by atoms with Gasteiger partial charge in [0.05, 0.1) is 12.2 Å². The summed E-state index contributed by atoms with van der Waals surface area (Å²) in [7, 11) is 0. The molecule has 1 N–H and O–H groups in total. The van der Waals surface area contributed by atoms with Crippen molar-refractivity contribution in [1.82, 2.24) is 15.2 Å². The second-order valence-electron chi connectivity index (χ2n) is 5.25. The summed E-state index contributed by atoms with van der Waals surface area (Å²) in [6.45, 7) is 13.5. The van der Waals surface area contributed by atoms with Gasteiger partial charge in [-0.2, -0.15) is 0 Å². The van der Waals surface area contributed by atoms with Crippen molar-refractivity contribution in [1.29, 1.82) is 0 Å². The van der Waals surface area contributed by atoms with Crippen LogP contribution in [0.2, 0.25) is 0 Å². The molecule has 3 nitrogen and oxygen atoms in total. The standard InChI is InChI=1S/C15H26FN3/c1-6-18-14(12-9-13(16)11-17-10-12)15(4,5)19(7-2)8-3/h9-11,14,18H,6-8H2,1-5H3. The van der Waals surface area contributed by atoms with E-state index in [0.29, 0.717) is 0 Å². The summed E-state index contributed by atoms with van der Waals surface area (Å²) in [5.41, 5.74) is 0.799. The zero-order chi connectivity index (χ0) is 14.5. The average molecular weight is 267 g/mol. The van der Waals surface area contributed by atoms with Gasteiger partial charge >= 0.3 is 0 Å². The van der Waals surface area contributed by atoms with Crippen LogP contribution in [-0.2, 0) is 0 Å². The largest absolute Gasteiger partial charge is 0.309 e. The summed E-state index contributed by atoms with van der Waals surface area (Å²) < 4.78 is 13.4. The molecule has 19 heavy (non-hydrogen) atoms. The molecule has 0 aliphatic heterocycles. The Balaban J connectivity index is 3.12. The number of likely N-dealkylation sites (N-methyl/N-ethyl adjacent to an activating group) is 2. The van der Waals surface area contributed by atoms with E-state index in [-0.39, 0.29) is 17.4 Å². The molecule has 0 aliphatic rings. The fourth-order valence-corrected chi connectivity index (χ4v) is 2.79. The molecule has 0 aliphatic carbocycles. The van der Waals surface area contributed by atoms with Gasteiger partial charge in [-0.1, -0.05) is 20.8 Å². The Morgan fingerprint density at radius 2 is 1.89 bits per heavy atom. The number of rotatable bonds is 7. The fourth-order valence-electron chi connectivity index (χ4n) is 2.79. The maximum atomic E-state index is 13.4. The van der Waals surface area contributed by atoms with Gasteiger partial charge in [0.1, 0.15) is 5.82 Å². The number of aromatic nitrogens is 1. The monoisotopic (exact) mass is 267 g/mol. The van der Waals surface area contributed by atoms with Crippen molar-refractivity contribution >= 4 is 0 Å². The Morgan fingerprint density at radius 3 is 2.37 bits per heavy atom. The molecule has 0 bridgehead atoms. The molecule has 1 atom stereocenters. The minimum Gasteiger partial charge on any atom is -0.309 e. The number of nitrogens with zero attached hydrogens (tertiary/aromatic N) is 2. The molecule has 0 aromatic carbocycles. The van der Waals surface area contributed by atoms with E-state index in [4.69, 9.17) is 0 Å². The van der Waals surface area contributed by atoms with Crippen molar-refractivity contribution in [2.75, 3.05) is 19.6 Å². The summed E-state index contributed by atoms with van der Waals surface area (Å²) in [4.78, 5) is 6.36. The summed E-state index contributed by atoms with van der Waals surface area (Å²) in [6, 6.07) is 1.63. The van der Waals surface area contributed by atoms with Gasteiger partial charge in [-0.3, -0.25) is 9.88 Å². The minimum atomic E-state index is -0.282. The third kappa shape index (κ3) is 3.74. The van der Waals surface area contributed by atoms with Crippen molar-refractivity contribution in [3.05, 3.63) is 29.8 Å². The van der Waals surface area contributed by atoms with Gasteiger partial charge < -0.3 is 5.32 Å². The number of halogens is 1. The molecule has 1 aromatic heterocycles. The molecule has 0 saturated heterocycles. The molecule has 0 fully saturated rings. The van der Waals surface area contributed by atoms with Crippen molar-refractivity contribution in [3.8, 4) is 0 Å². The highest BCUT2D eigenvalue weighted by atomic mass is 19.1. The predicted molar refractivity (Wildman–Crippen MR) is 77.6 cm³/mol.